The maximum atomic E-state index is 13.2. The summed E-state index contributed by atoms with van der Waals surface area (Å²) in [5, 5.41) is 2.81. The monoisotopic (exact) mass is 435 g/mol. The van der Waals surface area contributed by atoms with Crippen LogP contribution in [0.1, 0.15) is 30.0 Å². The Bertz CT molecular complexity index is 945. The number of carbonyl (C=O) groups excluding carboxylic acids is 2. The second-order valence-electron chi connectivity index (χ2n) is 7.50. The average molecular weight is 435 g/mol. The summed E-state index contributed by atoms with van der Waals surface area (Å²) < 4.78 is 43.3. The molecule has 9 heteroatoms. The molecule has 0 radical (unpaired) electrons. The Morgan fingerprint density at radius 2 is 1.68 bits per heavy atom. The summed E-state index contributed by atoms with van der Waals surface area (Å²) in [5.41, 5.74) is -0.597. The van der Waals surface area contributed by atoms with E-state index in [2.05, 4.69) is 5.32 Å². The fourth-order valence-electron chi connectivity index (χ4n) is 3.67. The molecular weight excluding hydrogens is 411 g/mol. The maximum Gasteiger partial charge on any atom is 0.416 e. The van der Waals surface area contributed by atoms with Crippen LogP contribution >= 0.6 is 0 Å². The largest absolute Gasteiger partial charge is 0.497 e. The van der Waals surface area contributed by atoms with E-state index in [1.54, 1.807) is 43.3 Å². The molecule has 0 spiro atoms. The zero-order chi connectivity index (χ0) is 22.8. The Hall–Kier alpha value is -3.07. The van der Waals surface area contributed by atoms with E-state index in [-0.39, 0.29) is 19.1 Å². The molecule has 1 atom stereocenters. The summed E-state index contributed by atoms with van der Waals surface area (Å²) in [5.74, 6) is 0.268. The molecule has 0 bridgehead atoms. The first-order valence-electron chi connectivity index (χ1n) is 9.74. The van der Waals surface area contributed by atoms with Crippen molar-refractivity contribution in [1.82, 2.24) is 15.1 Å². The van der Waals surface area contributed by atoms with Crippen molar-refractivity contribution in [3.8, 4) is 5.75 Å². The molecule has 0 aliphatic carbocycles. The number of halogens is 3. The van der Waals surface area contributed by atoms with Crippen molar-refractivity contribution in [2.24, 2.45) is 0 Å². The van der Waals surface area contributed by atoms with Gasteiger partial charge in [-0.1, -0.05) is 31.2 Å². The van der Waals surface area contributed by atoms with Gasteiger partial charge in [0.25, 0.3) is 5.91 Å². The van der Waals surface area contributed by atoms with E-state index in [9.17, 15) is 22.8 Å². The second-order valence-corrected chi connectivity index (χ2v) is 7.50. The Balaban J connectivity index is 1.72. The third-order valence-electron chi connectivity index (χ3n) is 5.41. The minimum atomic E-state index is -4.39. The van der Waals surface area contributed by atoms with Gasteiger partial charge in [-0.25, -0.2) is 9.69 Å². The Kier molecular flexibility index (Phi) is 6.26. The van der Waals surface area contributed by atoms with Crippen LogP contribution in [0.15, 0.2) is 48.5 Å². The zero-order valence-corrected chi connectivity index (χ0v) is 17.5. The van der Waals surface area contributed by atoms with Crippen molar-refractivity contribution in [3.63, 3.8) is 0 Å². The number of methoxy groups -OCH3 is 1. The van der Waals surface area contributed by atoms with Gasteiger partial charge in [0.15, 0.2) is 0 Å². The van der Waals surface area contributed by atoms with Crippen molar-refractivity contribution < 1.29 is 27.5 Å². The van der Waals surface area contributed by atoms with Crippen LogP contribution in [0.4, 0.5) is 18.0 Å². The highest BCUT2D eigenvalue weighted by atomic mass is 19.4. The Morgan fingerprint density at radius 1 is 1.06 bits per heavy atom. The molecule has 166 valence electrons. The van der Waals surface area contributed by atoms with Crippen molar-refractivity contribution in [2.45, 2.75) is 31.6 Å². The SMILES string of the molecule is CC[C@@]1(c2ccc(OC)cc2)NC(=O)N(CN(C)Cc2ccc(C(F)(F)F)cc2)C1=O. The van der Waals surface area contributed by atoms with Crippen molar-refractivity contribution >= 4 is 11.9 Å². The molecule has 1 saturated heterocycles. The molecule has 6 nitrogen and oxygen atoms in total. The van der Waals surface area contributed by atoms with E-state index >= 15 is 0 Å². The number of urea groups is 1. The smallest absolute Gasteiger partial charge is 0.416 e. The van der Waals surface area contributed by atoms with Crippen LogP contribution < -0.4 is 10.1 Å². The van der Waals surface area contributed by atoms with Gasteiger partial charge in [-0.15, -0.1) is 0 Å². The van der Waals surface area contributed by atoms with E-state index in [1.807, 2.05) is 6.92 Å². The average Bonchev–Trinajstić information content (AvgIpc) is 2.98. The van der Waals surface area contributed by atoms with Gasteiger partial charge in [0, 0.05) is 6.54 Å². The summed E-state index contributed by atoms with van der Waals surface area (Å²) in [7, 11) is 3.24. The molecule has 1 aliphatic heterocycles. The Labute approximate surface area is 178 Å². The number of carbonyl (C=O) groups is 2. The minimum absolute atomic E-state index is 0.00357. The summed E-state index contributed by atoms with van der Waals surface area (Å²) >= 11 is 0. The molecule has 3 amide bonds. The number of hydrogen-bond acceptors (Lipinski definition) is 4. The predicted octanol–water partition coefficient (Wildman–Crippen LogP) is 3.96. The summed E-state index contributed by atoms with van der Waals surface area (Å²) in [6.45, 7) is 2.10. The van der Waals surface area contributed by atoms with Crippen LogP contribution in [-0.2, 0) is 23.1 Å². The molecule has 2 aromatic rings. The van der Waals surface area contributed by atoms with Crippen LogP contribution in [0.25, 0.3) is 0 Å². The van der Waals surface area contributed by atoms with E-state index in [1.165, 1.54) is 12.1 Å². The normalized spacial score (nSPS) is 19.1. The van der Waals surface area contributed by atoms with Crippen LogP contribution in [0.5, 0.6) is 5.75 Å². The van der Waals surface area contributed by atoms with Gasteiger partial charge < -0.3 is 10.1 Å². The number of ether oxygens (including phenoxy) is 1. The van der Waals surface area contributed by atoms with Gasteiger partial charge in [-0.3, -0.25) is 9.69 Å². The topological polar surface area (TPSA) is 61.9 Å². The van der Waals surface area contributed by atoms with Gasteiger partial charge in [-0.05, 0) is 48.9 Å². The highest BCUT2D eigenvalue weighted by Crippen LogP contribution is 2.33. The number of hydrogen-bond donors (Lipinski definition) is 1. The van der Waals surface area contributed by atoms with Gasteiger partial charge in [-0.2, -0.15) is 13.2 Å². The van der Waals surface area contributed by atoms with Crippen molar-refractivity contribution in [2.75, 3.05) is 20.8 Å². The molecule has 0 saturated carbocycles. The lowest BCUT2D eigenvalue weighted by Crippen LogP contribution is -2.44. The molecule has 0 aromatic heterocycles. The molecule has 2 aromatic carbocycles. The summed E-state index contributed by atoms with van der Waals surface area (Å²) in [6, 6.07) is 11.2. The van der Waals surface area contributed by atoms with Gasteiger partial charge in [0.05, 0.1) is 19.3 Å². The minimum Gasteiger partial charge on any atom is -0.497 e. The van der Waals surface area contributed by atoms with E-state index < -0.39 is 23.3 Å². The summed E-state index contributed by atoms with van der Waals surface area (Å²) in [4.78, 5) is 28.7. The highest BCUT2D eigenvalue weighted by molar-refractivity contribution is 6.07. The fourth-order valence-corrected chi connectivity index (χ4v) is 3.67. The number of amides is 3. The highest BCUT2D eigenvalue weighted by Gasteiger charge is 2.51. The fraction of sp³-hybridized carbons (Fsp3) is 0.364. The van der Waals surface area contributed by atoms with Crippen molar-refractivity contribution in [1.29, 1.82) is 0 Å². The zero-order valence-electron chi connectivity index (χ0n) is 17.5. The number of benzene rings is 2. The van der Waals surface area contributed by atoms with Crippen LogP contribution in [0, 0.1) is 0 Å². The number of alkyl halides is 3. The predicted molar refractivity (Wildman–Crippen MR) is 108 cm³/mol. The van der Waals surface area contributed by atoms with Crippen molar-refractivity contribution in [3.05, 3.63) is 65.2 Å². The first-order valence-corrected chi connectivity index (χ1v) is 9.74. The van der Waals surface area contributed by atoms with Gasteiger partial charge >= 0.3 is 12.2 Å². The third kappa shape index (κ3) is 4.51. The van der Waals surface area contributed by atoms with Crippen LogP contribution in [0.3, 0.4) is 0 Å². The van der Waals surface area contributed by atoms with E-state index in [4.69, 9.17) is 4.74 Å². The second kappa shape index (κ2) is 8.58. The van der Waals surface area contributed by atoms with Gasteiger partial charge in [0.1, 0.15) is 11.3 Å². The van der Waals surface area contributed by atoms with Crippen LogP contribution in [-0.4, -0.2) is 42.6 Å². The quantitative estimate of drug-likeness (QED) is 0.669. The number of imide groups is 1. The van der Waals surface area contributed by atoms with E-state index in [0.29, 0.717) is 23.3 Å². The lowest BCUT2D eigenvalue weighted by molar-refractivity contribution is -0.137. The molecule has 3 rings (SSSR count). The van der Waals surface area contributed by atoms with Crippen LogP contribution in [0.2, 0.25) is 0 Å². The lowest BCUT2D eigenvalue weighted by Gasteiger charge is -2.27. The van der Waals surface area contributed by atoms with Gasteiger partial charge in [0.2, 0.25) is 0 Å². The third-order valence-corrected chi connectivity index (χ3v) is 5.41. The Morgan fingerprint density at radius 3 is 2.19 bits per heavy atom. The number of nitrogens with zero attached hydrogens (tertiary/aromatic N) is 2. The molecule has 1 N–H and O–H groups in total. The standard InChI is InChI=1S/C22H24F3N3O3/c1-4-21(16-9-11-18(31-3)12-10-16)19(29)28(20(30)26-21)14-27(2)13-15-5-7-17(8-6-15)22(23,24)25/h5-12H,4,13-14H2,1-3H3,(H,26,30)/t21-/m0/s1. The summed E-state index contributed by atoms with van der Waals surface area (Å²) in [6.07, 6.45) is -4.03. The first-order chi connectivity index (χ1) is 14.6. The number of rotatable bonds is 7. The molecule has 1 fully saturated rings. The number of nitrogens with one attached hydrogen (secondary N) is 1. The maximum absolute atomic E-state index is 13.2. The first kappa shape index (κ1) is 22.6. The molecule has 0 unspecified atom stereocenters. The van der Waals surface area contributed by atoms with E-state index in [0.717, 1.165) is 17.0 Å². The lowest BCUT2D eigenvalue weighted by atomic mass is 9.87. The molecule has 1 aliphatic rings. The molecular formula is C22H24F3N3O3. The molecule has 1 heterocycles. The molecule has 31 heavy (non-hydrogen) atoms.